The second-order valence-electron chi connectivity index (χ2n) is 8.02. The molecule has 0 aliphatic rings. The summed E-state index contributed by atoms with van der Waals surface area (Å²) in [4.78, 5) is 0. The van der Waals surface area contributed by atoms with E-state index in [1.54, 1.807) is 0 Å². The van der Waals surface area contributed by atoms with Crippen molar-refractivity contribution in [3.05, 3.63) is 0 Å². The molecule has 0 fully saturated rings. The second kappa shape index (κ2) is 20.2. The molecule has 25 heavy (non-hydrogen) atoms. The van der Waals surface area contributed by atoms with E-state index >= 15 is 0 Å². The molecule has 0 aromatic heterocycles. The molecule has 0 aromatic rings. The first-order chi connectivity index (χ1) is 12.2. The van der Waals surface area contributed by atoms with Crippen molar-refractivity contribution in [1.29, 1.82) is 0 Å². The number of rotatable bonds is 20. The van der Waals surface area contributed by atoms with Gasteiger partial charge in [-0.2, -0.15) is 0 Å². The zero-order valence-corrected chi connectivity index (χ0v) is 17.5. The van der Waals surface area contributed by atoms with Crippen molar-refractivity contribution in [2.24, 2.45) is 0 Å². The summed E-state index contributed by atoms with van der Waals surface area (Å²) in [7, 11) is 0. The summed E-state index contributed by atoms with van der Waals surface area (Å²) < 4.78 is 0. The van der Waals surface area contributed by atoms with Gasteiger partial charge in [0.1, 0.15) is 0 Å². The highest BCUT2D eigenvalue weighted by Gasteiger charge is 2.15. The monoisotopic (exact) mass is 356 g/mol. The van der Waals surface area contributed by atoms with Crippen LogP contribution in [0.3, 0.4) is 0 Å². The van der Waals surface area contributed by atoms with Crippen LogP contribution in [0.25, 0.3) is 0 Å². The quantitative estimate of drug-likeness (QED) is 0.227. The maximum atomic E-state index is 10.1. The van der Waals surface area contributed by atoms with E-state index in [1.807, 2.05) is 0 Å². The van der Waals surface area contributed by atoms with Gasteiger partial charge in [-0.25, -0.2) is 0 Å². The van der Waals surface area contributed by atoms with Gasteiger partial charge < -0.3 is 10.2 Å². The van der Waals surface area contributed by atoms with Gasteiger partial charge in [-0.1, -0.05) is 123 Å². The minimum atomic E-state index is -0.505. The Bertz CT molecular complexity index is 242. The van der Waals surface area contributed by atoms with Gasteiger partial charge in [-0.05, 0) is 12.8 Å². The lowest BCUT2D eigenvalue weighted by molar-refractivity contribution is 0.00711. The van der Waals surface area contributed by atoms with E-state index in [0.29, 0.717) is 0 Å². The van der Waals surface area contributed by atoms with Crippen molar-refractivity contribution in [3.8, 4) is 0 Å². The highest BCUT2D eigenvalue weighted by atomic mass is 16.3. The van der Waals surface area contributed by atoms with Gasteiger partial charge in [0.05, 0.1) is 12.2 Å². The van der Waals surface area contributed by atoms with Crippen molar-refractivity contribution >= 4 is 0 Å². The highest BCUT2D eigenvalue weighted by molar-refractivity contribution is 4.67. The smallest absolute Gasteiger partial charge is 0.0799 e. The van der Waals surface area contributed by atoms with Gasteiger partial charge >= 0.3 is 0 Å². The molecule has 2 unspecified atom stereocenters. The molecule has 0 heterocycles. The van der Waals surface area contributed by atoms with Crippen LogP contribution >= 0.6 is 0 Å². The average Bonchev–Trinajstić information content (AvgIpc) is 2.62. The topological polar surface area (TPSA) is 40.5 Å². The predicted octanol–water partition coefficient (Wildman–Crippen LogP) is 7.16. The lowest BCUT2D eigenvalue weighted by Crippen LogP contribution is -2.25. The molecular formula is C23H48O2. The lowest BCUT2D eigenvalue weighted by atomic mass is 9.99. The first kappa shape index (κ1) is 24.9. The minimum Gasteiger partial charge on any atom is -0.390 e. The Morgan fingerprint density at radius 2 is 0.640 bits per heavy atom. The first-order valence-corrected chi connectivity index (χ1v) is 11.6. The Kier molecular flexibility index (Phi) is 20.2. The van der Waals surface area contributed by atoms with Crippen LogP contribution in [0.1, 0.15) is 136 Å². The molecule has 0 saturated heterocycles. The van der Waals surface area contributed by atoms with Gasteiger partial charge in [-0.15, -0.1) is 0 Å². The third kappa shape index (κ3) is 18.5. The van der Waals surface area contributed by atoms with Crippen molar-refractivity contribution in [3.63, 3.8) is 0 Å². The maximum absolute atomic E-state index is 10.1. The van der Waals surface area contributed by atoms with E-state index in [2.05, 4.69) is 13.8 Å². The molecular weight excluding hydrogens is 308 g/mol. The van der Waals surface area contributed by atoms with Crippen LogP contribution in [0.2, 0.25) is 0 Å². The third-order valence-corrected chi connectivity index (χ3v) is 5.40. The van der Waals surface area contributed by atoms with Crippen molar-refractivity contribution < 1.29 is 10.2 Å². The minimum absolute atomic E-state index is 0.505. The third-order valence-electron chi connectivity index (χ3n) is 5.40. The Balaban J connectivity index is 3.32. The summed E-state index contributed by atoms with van der Waals surface area (Å²) in [6, 6.07) is 0. The van der Waals surface area contributed by atoms with E-state index in [-0.39, 0.29) is 0 Å². The van der Waals surface area contributed by atoms with Crippen molar-refractivity contribution in [1.82, 2.24) is 0 Å². The first-order valence-electron chi connectivity index (χ1n) is 11.6. The van der Waals surface area contributed by atoms with Gasteiger partial charge in [0.15, 0.2) is 0 Å². The lowest BCUT2D eigenvalue weighted by Gasteiger charge is -2.17. The Morgan fingerprint density at radius 3 is 0.920 bits per heavy atom. The maximum Gasteiger partial charge on any atom is 0.0799 e. The van der Waals surface area contributed by atoms with Crippen LogP contribution in [-0.4, -0.2) is 22.4 Å². The molecule has 0 saturated carbocycles. The SMILES string of the molecule is CCCCCCCCCCCC(O)C(O)CCCCCCCCCC. The molecule has 0 aliphatic carbocycles. The average molecular weight is 357 g/mol. The molecule has 2 heteroatoms. The number of unbranched alkanes of at least 4 members (excludes halogenated alkanes) is 15. The molecule has 0 amide bonds. The summed E-state index contributed by atoms with van der Waals surface area (Å²) in [5, 5.41) is 20.1. The Labute approximate surface area is 158 Å². The molecule has 2 atom stereocenters. The molecule has 0 spiro atoms. The Morgan fingerprint density at radius 1 is 0.400 bits per heavy atom. The molecule has 0 aliphatic heterocycles. The zero-order valence-electron chi connectivity index (χ0n) is 17.5. The van der Waals surface area contributed by atoms with E-state index in [9.17, 15) is 10.2 Å². The number of hydrogen-bond acceptors (Lipinski definition) is 2. The van der Waals surface area contributed by atoms with Crippen LogP contribution in [0.5, 0.6) is 0 Å². The summed E-state index contributed by atoms with van der Waals surface area (Å²) in [5.74, 6) is 0. The molecule has 0 bridgehead atoms. The zero-order chi connectivity index (χ0) is 18.6. The standard InChI is InChI=1S/C23H48O2/c1-3-5-7-9-11-13-15-17-19-21-23(25)22(24)20-18-16-14-12-10-8-6-4-2/h22-25H,3-21H2,1-2H3. The molecule has 0 aromatic carbocycles. The fraction of sp³-hybridized carbons (Fsp3) is 1.00. The van der Waals surface area contributed by atoms with Gasteiger partial charge in [0.25, 0.3) is 0 Å². The van der Waals surface area contributed by atoms with Crippen molar-refractivity contribution in [2.75, 3.05) is 0 Å². The van der Waals surface area contributed by atoms with E-state index in [1.165, 1.54) is 96.3 Å². The number of hydrogen-bond donors (Lipinski definition) is 2. The Hall–Kier alpha value is -0.0800. The van der Waals surface area contributed by atoms with Crippen LogP contribution in [0, 0.1) is 0 Å². The predicted molar refractivity (Wildman–Crippen MR) is 111 cm³/mol. The van der Waals surface area contributed by atoms with Gasteiger partial charge in [-0.3, -0.25) is 0 Å². The fourth-order valence-corrected chi connectivity index (χ4v) is 3.54. The largest absolute Gasteiger partial charge is 0.390 e. The van der Waals surface area contributed by atoms with Crippen LogP contribution in [-0.2, 0) is 0 Å². The second-order valence-corrected chi connectivity index (χ2v) is 8.02. The van der Waals surface area contributed by atoms with Crippen LogP contribution in [0.15, 0.2) is 0 Å². The van der Waals surface area contributed by atoms with Crippen molar-refractivity contribution in [2.45, 2.75) is 148 Å². The van der Waals surface area contributed by atoms with Crippen LogP contribution < -0.4 is 0 Å². The fourth-order valence-electron chi connectivity index (χ4n) is 3.54. The normalized spacial score (nSPS) is 13.9. The van der Waals surface area contributed by atoms with Crippen LogP contribution in [0.4, 0.5) is 0 Å². The summed E-state index contributed by atoms with van der Waals surface area (Å²) >= 11 is 0. The molecule has 0 rings (SSSR count). The summed E-state index contributed by atoms with van der Waals surface area (Å²) in [5.41, 5.74) is 0. The molecule has 2 N–H and O–H groups in total. The number of aliphatic hydroxyl groups excluding tert-OH is 2. The van der Waals surface area contributed by atoms with E-state index < -0.39 is 12.2 Å². The molecule has 2 nitrogen and oxygen atoms in total. The summed E-state index contributed by atoms with van der Waals surface area (Å²) in [6.07, 6.45) is 22.5. The van der Waals surface area contributed by atoms with E-state index in [4.69, 9.17) is 0 Å². The van der Waals surface area contributed by atoms with E-state index in [0.717, 1.165) is 25.7 Å². The van der Waals surface area contributed by atoms with Gasteiger partial charge in [0, 0.05) is 0 Å². The molecule has 152 valence electrons. The highest BCUT2D eigenvalue weighted by Crippen LogP contribution is 2.16. The molecule has 0 radical (unpaired) electrons. The number of aliphatic hydroxyl groups is 2. The van der Waals surface area contributed by atoms with Gasteiger partial charge in [0.2, 0.25) is 0 Å². The summed E-state index contributed by atoms with van der Waals surface area (Å²) in [6.45, 7) is 4.51.